The zero-order valence-corrected chi connectivity index (χ0v) is 19.0. The van der Waals surface area contributed by atoms with E-state index in [1.54, 1.807) is 45.4 Å². The number of amides is 2. The number of amidine groups is 1. The Morgan fingerprint density at radius 3 is 2.03 bits per heavy atom. The summed E-state index contributed by atoms with van der Waals surface area (Å²) >= 11 is 0. The highest BCUT2D eigenvalue weighted by atomic mass is 16.5. The van der Waals surface area contributed by atoms with Crippen molar-refractivity contribution in [1.29, 1.82) is 5.41 Å². The molecule has 0 aliphatic heterocycles. The molecule has 32 heavy (non-hydrogen) atoms. The van der Waals surface area contributed by atoms with Crippen LogP contribution in [-0.2, 0) is 22.6 Å². The first kappa shape index (κ1) is 26.4. The fourth-order valence-electron chi connectivity index (χ4n) is 2.58. The van der Waals surface area contributed by atoms with Gasteiger partial charge >= 0.3 is 0 Å². The Morgan fingerprint density at radius 1 is 1.03 bits per heavy atom. The molecule has 0 fully saturated rings. The van der Waals surface area contributed by atoms with E-state index in [4.69, 9.17) is 26.4 Å². The van der Waals surface area contributed by atoms with Crippen LogP contribution in [0.4, 0.5) is 0 Å². The molecule has 2 aromatic rings. The van der Waals surface area contributed by atoms with Crippen molar-refractivity contribution in [3.63, 3.8) is 0 Å². The second-order valence-corrected chi connectivity index (χ2v) is 6.90. The van der Waals surface area contributed by atoms with E-state index in [1.165, 1.54) is 5.56 Å². The fourth-order valence-corrected chi connectivity index (χ4v) is 2.58. The molecule has 0 saturated carbocycles. The molecule has 174 valence electrons. The number of methoxy groups -OCH3 is 2. The lowest BCUT2D eigenvalue weighted by atomic mass is 10.1. The quantitative estimate of drug-likeness (QED) is 0.291. The molecule has 9 nitrogen and oxygen atoms in total. The average molecular weight is 444 g/mol. The normalized spacial score (nSPS) is 10.8. The highest BCUT2D eigenvalue weighted by molar-refractivity contribution is 5.94. The number of nitrogens with two attached hydrogens (primary N) is 2. The highest BCUT2D eigenvalue weighted by Crippen LogP contribution is 2.22. The van der Waals surface area contributed by atoms with Crippen LogP contribution < -0.4 is 31.6 Å². The van der Waals surface area contributed by atoms with E-state index in [0.717, 1.165) is 23.5 Å². The van der Waals surface area contributed by atoms with Crippen LogP contribution >= 0.6 is 0 Å². The highest BCUT2D eigenvalue weighted by Gasteiger charge is 2.14. The first-order valence-electron chi connectivity index (χ1n) is 10.2. The van der Waals surface area contributed by atoms with Crippen LogP contribution in [0, 0.1) is 5.41 Å². The molecule has 0 bridgehead atoms. The minimum absolute atomic E-state index is 0.00120. The summed E-state index contributed by atoms with van der Waals surface area (Å²) < 4.78 is 10.2. The molecule has 0 radical (unpaired) electrons. The number of benzene rings is 2. The smallest absolute Gasteiger partial charge is 0.242 e. The average Bonchev–Trinajstić information content (AvgIpc) is 2.82. The van der Waals surface area contributed by atoms with Crippen LogP contribution in [0.25, 0.3) is 0 Å². The number of nitrogens with one attached hydrogen (secondary N) is 3. The van der Waals surface area contributed by atoms with E-state index in [0.29, 0.717) is 12.1 Å². The Morgan fingerprint density at radius 2 is 1.59 bits per heavy atom. The van der Waals surface area contributed by atoms with Crippen molar-refractivity contribution < 1.29 is 19.1 Å². The van der Waals surface area contributed by atoms with Crippen LogP contribution in [0.2, 0.25) is 0 Å². The summed E-state index contributed by atoms with van der Waals surface area (Å²) in [5.74, 6) is 1.04. The van der Waals surface area contributed by atoms with Gasteiger partial charge in [0, 0.05) is 18.2 Å². The van der Waals surface area contributed by atoms with Crippen molar-refractivity contribution in [1.82, 2.24) is 10.6 Å². The third-order valence-corrected chi connectivity index (χ3v) is 4.51. The molecule has 2 aromatic carbocycles. The molecule has 7 N–H and O–H groups in total. The minimum atomic E-state index is -0.637. The van der Waals surface area contributed by atoms with Crippen LogP contribution in [-0.4, -0.2) is 44.5 Å². The van der Waals surface area contributed by atoms with E-state index >= 15 is 0 Å². The van der Waals surface area contributed by atoms with Crippen LogP contribution in [0.15, 0.2) is 42.5 Å². The van der Waals surface area contributed by atoms with Crippen molar-refractivity contribution >= 4 is 17.6 Å². The zero-order valence-electron chi connectivity index (χ0n) is 19.0. The van der Waals surface area contributed by atoms with Gasteiger partial charge in [0.05, 0.1) is 20.8 Å². The van der Waals surface area contributed by atoms with E-state index in [2.05, 4.69) is 17.6 Å². The van der Waals surface area contributed by atoms with Gasteiger partial charge in [0.1, 0.15) is 23.4 Å². The maximum Gasteiger partial charge on any atom is 0.242 e. The lowest BCUT2D eigenvalue weighted by molar-refractivity contribution is -0.128. The van der Waals surface area contributed by atoms with Crippen molar-refractivity contribution in [3.05, 3.63) is 59.2 Å². The SMILES string of the molecule is CC(NC(=O)CN)C(=O)NCc1ccc(C(=N)N)cc1.CCc1cc(OC)cc(OC)c1. The third-order valence-electron chi connectivity index (χ3n) is 4.51. The number of hydrogen-bond acceptors (Lipinski definition) is 6. The molecule has 2 amide bonds. The Kier molecular flexibility index (Phi) is 11.3. The molecule has 0 aliphatic carbocycles. The molecule has 2 rings (SSSR count). The third kappa shape index (κ3) is 9.05. The van der Waals surface area contributed by atoms with E-state index in [-0.39, 0.29) is 24.2 Å². The van der Waals surface area contributed by atoms with Gasteiger partial charge in [0.2, 0.25) is 11.8 Å². The van der Waals surface area contributed by atoms with E-state index < -0.39 is 6.04 Å². The maximum atomic E-state index is 11.7. The van der Waals surface area contributed by atoms with Crippen LogP contribution in [0.3, 0.4) is 0 Å². The summed E-state index contributed by atoms with van der Waals surface area (Å²) in [5.41, 5.74) is 13.2. The summed E-state index contributed by atoms with van der Waals surface area (Å²) in [6.07, 6.45) is 0.994. The van der Waals surface area contributed by atoms with Gasteiger partial charge in [-0.2, -0.15) is 0 Å². The lowest BCUT2D eigenvalue weighted by Crippen LogP contribution is -2.46. The predicted octanol–water partition coefficient (Wildman–Crippen LogP) is 1.32. The largest absolute Gasteiger partial charge is 0.497 e. The zero-order chi connectivity index (χ0) is 24.1. The number of rotatable bonds is 9. The molecule has 0 aliphatic rings. The van der Waals surface area contributed by atoms with Gasteiger partial charge in [0.15, 0.2) is 0 Å². The number of nitrogen functional groups attached to an aromatic ring is 1. The molecule has 9 heteroatoms. The first-order valence-corrected chi connectivity index (χ1v) is 10.2. The van der Waals surface area contributed by atoms with Crippen molar-refractivity contribution in [2.75, 3.05) is 20.8 Å². The van der Waals surface area contributed by atoms with E-state index in [9.17, 15) is 9.59 Å². The summed E-state index contributed by atoms with van der Waals surface area (Å²) in [7, 11) is 3.32. The lowest BCUT2D eigenvalue weighted by Gasteiger charge is -2.13. The second-order valence-electron chi connectivity index (χ2n) is 6.90. The number of carbonyl (C=O) groups is 2. The first-order chi connectivity index (χ1) is 15.2. The molecular weight excluding hydrogens is 410 g/mol. The molecule has 0 heterocycles. The number of ether oxygens (including phenoxy) is 2. The number of aryl methyl sites for hydroxylation is 1. The van der Waals surface area contributed by atoms with Crippen LogP contribution in [0.5, 0.6) is 11.5 Å². The van der Waals surface area contributed by atoms with Gasteiger partial charge in [-0.25, -0.2) is 0 Å². The Labute approximate surface area is 189 Å². The second kappa shape index (κ2) is 13.7. The minimum Gasteiger partial charge on any atom is -0.497 e. The van der Waals surface area contributed by atoms with Crippen molar-refractivity contribution in [2.45, 2.75) is 32.9 Å². The fraction of sp³-hybridized carbons (Fsp3) is 0.348. The predicted molar refractivity (Wildman–Crippen MR) is 125 cm³/mol. The molecule has 1 atom stereocenters. The molecule has 0 spiro atoms. The van der Waals surface area contributed by atoms with E-state index in [1.807, 2.05) is 18.2 Å². The van der Waals surface area contributed by atoms with Gasteiger partial charge in [-0.15, -0.1) is 0 Å². The number of carbonyl (C=O) groups excluding carboxylic acids is 2. The van der Waals surface area contributed by atoms with Gasteiger partial charge in [-0.05, 0) is 36.6 Å². The Bertz CT molecular complexity index is 845. The summed E-state index contributed by atoms with van der Waals surface area (Å²) in [4.78, 5) is 22.8. The molecule has 0 aromatic heterocycles. The summed E-state index contributed by atoms with van der Waals surface area (Å²) in [5, 5.41) is 12.4. The number of hydrogen-bond donors (Lipinski definition) is 5. The molecule has 1 unspecified atom stereocenters. The van der Waals surface area contributed by atoms with Gasteiger partial charge in [-0.3, -0.25) is 15.0 Å². The monoisotopic (exact) mass is 443 g/mol. The topological polar surface area (TPSA) is 153 Å². The standard InChI is InChI=1S/C13H19N5O2.C10H14O2/c1-8(18-11(19)6-14)13(20)17-7-9-2-4-10(5-3-9)12(15)16;1-4-8-5-9(11-2)7-10(6-8)12-3/h2-5,8H,6-7,14H2,1H3,(H3,15,16)(H,17,20)(H,18,19);5-7H,4H2,1-3H3. The van der Waals surface area contributed by atoms with Crippen molar-refractivity contribution in [3.8, 4) is 11.5 Å². The van der Waals surface area contributed by atoms with Gasteiger partial charge < -0.3 is 31.6 Å². The molecule has 0 saturated heterocycles. The van der Waals surface area contributed by atoms with Crippen LogP contribution in [0.1, 0.15) is 30.5 Å². The van der Waals surface area contributed by atoms with Gasteiger partial charge in [0.25, 0.3) is 0 Å². The summed E-state index contributed by atoms with van der Waals surface area (Å²) in [6, 6.07) is 12.2. The van der Waals surface area contributed by atoms with Crippen molar-refractivity contribution in [2.24, 2.45) is 11.5 Å². The Hall–Kier alpha value is -3.59. The van der Waals surface area contributed by atoms with Gasteiger partial charge in [-0.1, -0.05) is 31.2 Å². The maximum absolute atomic E-state index is 11.7. The molecular formula is C23H33N5O4. The summed E-state index contributed by atoms with van der Waals surface area (Å²) in [6.45, 7) is 3.87. The Balaban J connectivity index is 0.000000363.